The van der Waals surface area contributed by atoms with Crippen LogP contribution in [0.1, 0.15) is 10.5 Å². The summed E-state index contributed by atoms with van der Waals surface area (Å²) in [5.74, 6) is -0.908. The fourth-order valence-electron chi connectivity index (χ4n) is 1.45. The molecule has 5 nitrogen and oxygen atoms in total. The lowest BCUT2D eigenvalue weighted by Crippen LogP contribution is -1.99. The van der Waals surface area contributed by atoms with Gasteiger partial charge in [0.1, 0.15) is 0 Å². The van der Waals surface area contributed by atoms with Crippen molar-refractivity contribution in [1.82, 2.24) is 10.2 Å². The maximum atomic E-state index is 11.0. The summed E-state index contributed by atoms with van der Waals surface area (Å²) in [5, 5.41) is 15.1. The number of carbonyl (C=O) groups is 1. The van der Waals surface area contributed by atoms with Crippen LogP contribution in [0.5, 0.6) is 0 Å². The second-order valence-electron chi connectivity index (χ2n) is 3.17. The SMILES string of the molecule is Nc1n[nH]c(C(=O)O)c1-c1cccc(Br)c1. The maximum absolute atomic E-state index is 11.0. The molecule has 0 aliphatic heterocycles. The van der Waals surface area contributed by atoms with E-state index in [4.69, 9.17) is 10.8 Å². The Morgan fingerprint density at radius 1 is 1.50 bits per heavy atom. The number of nitrogens with zero attached hydrogens (tertiary/aromatic N) is 1. The highest BCUT2D eigenvalue weighted by Crippen LogP contribution is 2.29. The minimum atomic E-state index is -1.08. The highest BCUT2D eigenvalue weighted by molar-refractivity contribution is 9.10. The predicted octanol–water partition coefficient (Wildman–Crippen LogP) is 2.12. The van der Waals surface area contributed by atoms with E-state index in [1.54, 1.807) is 18.2 Å². The van der Waals surface area contributed by atoms with Gasteiger partial charge in [-0.3, -0.25) is 5.10 Å². The third-order valence-electron chi connectivity index (χ3n) is 2.12. The summed E-state index contributed by atoms with van der Waals surface area (Å²) >= 11 is 3.32. The number of halogens is 1. The van der Waals surface area contributed by atoms with Gasteiger partial charge in [-0.25, -0.2) is 4.79 Å². The van der Waals surface area contributed by atoms with Crippen LogP contribution in [0.2, 0.25) is 0 Å². The second-order valence-corrected chi connectivity index (χ2v) is 4.09. The Kier molecular flexibility index (Phi) is 2.66. The molecule has 1 aromatic heterocycles. The summed E-state index contributed by atoms with van der Waals surface area (Å²) in [7, 11) is 0. The fraction of sp³-hybridized carbons (Fsp3) is 0. The summed E-state index contributed by atoms with van der Waals surface area (Å²) in [5.41, 5.74) is 6.75. The first-order valence-corrected chi connectivity index (χ1v) is 5.22. The second kappa shape index (κ2) is 3.97. The molecule has 6 heteroatoms. The van der Waals surface area contributed by atoms with Crippen LogP contribution in [-0.4, -0.2) is 21.3 Å². The van der Waals surface area contributed by atoms with Crippen molar-refractivity contribution in [3.05, 3.63) is 34.4 Å². The summed E-state index contributed by atoms with van der Waals surface area (Å²) in [6.45, 7) is 0. The maximum Gasteiger partial charge on any atom is 0.354 e. The van der Waals surface area contributed by atoms with Gasteiger partial charge in [0.2, 0.25) is 0 Å². The summed E-state index contributed by atoms with van der Waals surface area (Å²) < 4.78 is 0.849. The van der Waals surface area contributed by atoms with E-state index < -0.39 is 5.97 Å². The number of anilines is 1. The van der Waals surface area contributed by atoms with Crippen molar-refractivity contribution in [1.29, 1.82) is 0 Å². The number of H-pyrrole nitrogens is 1. The normalized spacial score (nSPS) is 10.3. The number of carboxylic acid groups (broad SMARTS) is 1. The Hall–Kier alpha value is -1.82. The number of benzene rings is 1. The largest absolute Gasteiger partial charge is 0.477 e. The van der Waals surface area contributed by atoms with E-state index in [2.05, 4.69) is 26.1 Å². The molecule has 0 atom stereocenters. The number of carboxylic acids is 1. The Balaban J connectivity index is 2.63. The van der Waals surface area contributed by atoms with Gasteiger partial charge in [-0.2, -0.15) is 5.10 Å². The van der Waals surface area contributed by atoms with Gasteiger partial charge in [-0.15, -0.1) is 0 Å². The van der Waals surface area contributed by atoms with Crippen LogP contribution in [0.25, 0.3) is 11.1 Å². The topological polar surface area (TPSA) is 92.0 Å². The van der Waals surface area contributed by atoms with E-state index >= 15 is 0 Å². The summed E-state index contributed by atoms with van der Waals surface area (Å²) in [6, 6.07) is 7.21. The van der Waals surface area contributed by atoms with Crippen LogP contribution in [0.3, 0.4) is 0 Å². The first-order valence-electron chi connectivity index (χ1n) is 4.42. The molecule has 0 fully saturated rings. The Morgan fingerprint density at radius 3 is 2.88 bits per heavy atom. The first kappa shape index (κ1) is 10.7. The number of aromatic nitrogens is 2. The number of aromatic carboxylic acids is 1. The fourth-order valence-corrected chi connectivity index (χ4v) is 1.85. The van der Waals surface area contributed by atoms with E-state index in [0.717, 1.165) is 4.47 Å². The molecule has 0 aliphatic carbocycles. The molecule has 0 spiro atoms. The zero-order valence-corrected chi connectivity index (χ0v) is 9.65. The van der Waals surface area contributed by atoms with Gasteiger partial charge in [0.25, 0.3) is 0 Å². The highest BCUT2D eigenvalue weighted by Gasteiger charge is 2.18. The molecule has 0 saturated carbocycles. The zero-order valence-electron chi connectivity index (χ0n) is 8.07. The molecule has 0 saturated heterocycles. The monoisotopic (exact) mass is 281 g/mol. The van der Waals surface area contributed by atoms with Gasteiger partial charge in [-0.1, -0.05) is 28.1 Å². The quantitative estimate of drug-likeness (QED) is 0.786. The van der Waals surface area contributed by atoms with Crippen LogP contribution >= 0.6 is 15.9 Å². The number of hydrogen-bond donors (Lipinski definition) is 3. The molecule has 4 N–H and O–H groups in total. The molecule has 2 rings (SSSR count). The van der Waals surface area contributed by atoms with E-state index in [-0.39, 0.29) is 11.5 Å². The van der Waals surface area contributed by atoms with Gasteiger partial charge in [0.05, 0.1) is 5.56 Å². The Labute approximate surface area is 99.4 Å². The van der Waals surface area contributed by atoms with Crippen molar-refractivity contribution in [3.63, 3.8) is 0 Å². The standard InChI is InChI=1S/C10H8BrN3O2/c11-6-3-1-2-5(4-6)7-8(10(15)16)13-14-9(7)12/h1-4H,(H,15,16)(H3,12,13,14). The van der Waals surface area contributed by atoms with E-state index in [9.17, 15) is 4.79 Å². The number of nitrogens with two attached hydrogens (primary N) is 1. The van der Waals surface area contributed by atoms with Crippen molar-refractivity contribution in [2.24, 2.45) is 0 Å². The zero-order chi connectivity index (χ0) is 11.7. The van der Waals surface area contributed by atoms with Gasteiger partial charge >= 0.3 is 5.97 Å². The third kappa shape index (κ3) is 1.79. The number of hydrogen-bond acceptors (Lipinski definition) is 3. The smallest absolute Gasteiger partial charge is 0.354 e. The third-order valence-corrected chi connectivity index (χ3v) is 2.61. The molecule has 16 heavy (non-hydrogen) atoms. The predicted molar refractivity (Wildman–Crippen MR) is 63.1 cm³/mol. The van der Waals surface area contributed by atoms with Crippen molar-refractivity contribution in [3.8, 4) is 11.1 Å². The summed E-state index contributed by atoms with van der Waals surface area (Å²) in [6.07, 6.45) is 0. The van der Waals surface area contributed by atoms with Crippen molar-refractivity contribution in [2.75, 3.05) is 5.73 Å². The number of nitrogens with one attached hydrogen (secondary N) is 1. The van der Waals surface area contributed by atoms with Crippen LogP contribution in [0, 0.1) is 0 Å². The lowest BCUT2D eigenvalue weighted by atomic mass is 10.1. The lowest BCUT2D eigenvalue weighted by molar-refractivity contribution is 0.0691. The molecule has 1 heterocycles. The van der Waals surface area contributed by atoms with Crippen LogP contribution in [0.4, 0.5) is 5.82 Å². The Bertz CT molecular complexity index is 551. The first-order chi connectivity index (χ1) is 7.59. The van der Waals surface area contributed by atoms with Crippen LogP contribution in [-0.2, 0) is 0 Å². The molecule has 1 aromatic carbocycles. The van der Waals surface area contributed by atoms with Gasteiger partial charge in [0, 0.05) is 4.47 Å². The molecule has 0 bridgehead atoms. The molecule has 0 amide bonds. The van der Waals surface area contributed by atoms with E-state index in [0.29, 0.717) is 11.1 Å². The van der Waals surface area contributed by atoms with Crippen LogP contribution < -0.4 is 5.73 Å². The molecule has 2 aromatic rings. The molecule has 0 unspecified atom stereocenters. The van der Waals surface area contributed by atoms with Gasteiger partial charge < -0.3 is 10.8 Å². The number of rotatable bonds is 2. The molecule has 0 aliphatic rings. The molecular formula is C10H8BrN3O2. The molecule has 0 radical (unpaired) electrons. The van der Waals surface area contributed by atoms with Crippen molar-refractivity contribution >= 4 is 27.7 Å². The van der Waals surface area contributed by atoms with Gasteiger partial charge in [-0.05, 0) is 17.7 Å². The Morgan fingerprint density at radius 2 is 2.25 bits per heavy atom. The van der Waals surface area contributed by atoms with Crippen LogP contribution in [0.15, 0.2) is 28.7 Å². The van der Waals surface area contributed by atoms with E-state index in [1.165, 1.54) is 0 Å². The minimum Gasteiger partial charge on any atom is -0.477 e. The van der Waals surface area contributed by atoms with E-state index in [1.807, 2.05) is 6.07 Å². The minimum absolute atomic E-state index is 0.00407. The molecular weight excluding hydrogens is 274 g/mol. The average molecular weight is 282 g/mol. The molecule has 82 valence electrons. The van der Waals surface area contributed by atoms with Crippen molar-refractivity contribution in [2.45, 2.75) is 0 Å². The number of nitrogen functional groups attached to an aromatic ring is 1. The number of aromatic amines is 1. The average Bonchev–Trinajstić information content (AvgIpc) is 2.60. The summed E-state index contributed by atoms with van der Waals surface area (Å²) in [4.78, 5) is 11.0. The van der Waals surface area contributed by atoms with Gasteiger partial charge in [0.15, 0.2) is 11.5 Å². The van der Waals surface area contributed by atoms with Crippen molar-refractivity contribution < 1.29 is 9.90 Å². The lowest BCUT2D eigenvalue weighted by Gasteiger charge is -2.01. The highest BCUT2D eigenvalue weighted by atomic mass is 79.9.